The maximum absolute atomic E-state index is 9.20. The number of benzene rings is 1. The molecule has 0 radical (unpaired) electrons. The minimum absolute atomic E-state index is 0.421. The number of nitrogens with zero attached hydrogens (tertiary/aromatic N) is 1. The van der Waals surface area contributed by atoms with Crippen molar-refractivity contribution in [2.24, 2.45) is 0 Å². The van der Waals surface area contributed by atoms with Gasteiger partial charge in [0.2, 0.25) is 0 Å². The Morgan fingerprint density at radius 3 is 2.82 bits per heavy atom. The first-order valence-electron chi connectivity index (χ1n) is 3.22. The lowest BCUT2D eigenvalue weighted by atomic mass is 10.2. The molecule has 58 valence electrons. The van der Waals surface area contributed by atoms with Crippen LogP contribution in [0.2, 0.25) is 0 Å². The van der Waals surface area contributed by atoms with Crippen LogP contribution in [0.5, 0.6) is 5.75 Å². The molecule has 4 heteroatoms. The highest BCUT2D eigenvalue weighted by Crippen LogP contribution is 2.33. The Morgan fingerprint density at radius 2 is 2.09 bits per heavy atom. The highest BCUT2D eigenvalue weighted by molar-refractivity contribution is 5.36. The molecule has 0 saturated heterocycles. The van der Waals surface area contributed by atoms with E-state index >= 15 is 0 Å². The van der Waals surface area contributed by atoms with E-state index in [2.05, 4.69) is 0 Å². The fourth-order valence-electron chi connectivity index (χ4n) is 1.05. The summed E-state index contributed by atoms with van der Waals surface area (Å²) >= 11 is 0. The number of rotatable bonds is 0. The third kappa shape index (κ3) is 0.883. The first kappa shape index (κ1) is 6.60. The minimum Gasteiger partial charge on any atom is -0.377 e. The fourth-order valence-corrected chi connectivity index (χ4v) is 1.05. The quantitative estimate of drug-likeness (QED) is 0.575. The van der Waals surface area contributed by atoms with Gasteiger partial charge in [0.15, 0.2) is 12.0 Å². The molecule has 0 aromatic heterocycles. The normalized spacial score (nSPS) is 22.9. The molecule has 2 rings (SSSR count). The van der Waals surface area contributed by atoms with Gasteiger partial charge in [0, 0.05) is 10.8 Å². The van der Waals surface area contributed by atoms with Gasteiger partial charge in [-0.15, -0.1) is 0 Å². The van der Waals surface area contributed by atoms with Crippen LogP contribution in [0.1, 0.15) is 11.8 Å². The fraction of sp³-hybridized carbons (Fsp3) is 0.143. The summed E-state index contributed by atoms with van der Waals surface area (Å²) in [6.07, 6.45) is -1.06. The second kappa shape index (κ2) is 2.20. The molecule has 4 nitrogen and oxygen atoms in total. The Bertz CT molecular complexity index is 276. The van der Waals surface area contributed by atoms with Crippen molar-refractivity contribution < 1.29 is 15.2 Å². The summed E-state index contributed by atoms with van der Waals surface area (Å²) < 4.78 is 0. The van der Waals surface area contributed by atoms with Crippen molar-refractivity contribution in [1.29, 1.82) is 0 Å². The molecule has 0 saturated carbocycles. The molecule has 1 aromatic rings. The van der Waals surface area contributed by atoms with Crippen LogP contribution in [0, 0.1) is 0 Å². The molecule has 0 fully saturated rings. The van der Waals surface area contributed by atoms with E-state index in [0.29, 0.717) is 16.5 Å². The van der Waals surface area contributed by atoms with Gasteiger partial charge in [-0.05, 0) is 6.07 Å². The summed E-state index contributed by atoms with van der Waals surface area (Å²) in [6.45, 7) is 0. The monoisotopic (exact) mass is 153 g/mol. The third-order valence-electron chi connectivity index (χ3n) is 1.60. The van der Waals surface area contributed by atoms with E-state index < -0.39 is 6.23 Å². The molecular formula is C7H7NO3. The summed E-state index contributed by atoms with van der Waals surface area (Å²) in [5.74, 6) is 0.488. The molecular weight excluding hydrogens is 146 g/mol. The van der Waals surface area contributed by atoms with Gasteiger partial charge in [-0.2, -0.15) is 0 Å². The van der Waals surface area contributed by atoms with E-state index in [-0.39, 0.29) is 0 Å². The molecule has 0 bridgehead atoms. The predicted molar refractivity (Wildman–Crippen MR) is 35.7 cm³/mol. The van der Waals surface area contributed by atoms with Crippen molar-refractivity contribution in [1.82, 2.24) is 5.23 Å². The topological polar surface area (TPSA) is 52.9 Å². The number of hydrogen-bond donors (Lipinski definition) is 2. The van der Waals surface area contributed by atoms with Crippen molar-refractivity contribution in [3.05, 3.63) is 29.8 Å². The van der Waals surface area contributed by atoms with E-state index in [1.807, 2.05) is 0 Å². The van der Waals surface area contributed by atoms with E-state index in [1.165, 1.54) is 0 Å². The number of para-hydroxylation sites is 1. The van der Waals surface area contributed by atoms with Crippen molar-refractivity contribution in [2.75, 3.05) is 0 Å². The van der Waals surface area contributed by atoms with Crippen molar-refractivity contribution in [3.63, 3.8) is 0 Å². The smallest absolute Gasteiger partial charge is 0.197 e. The number of aliphatic hydroxyl groups excluding tert-OH is 1. The Kier molecular flexibility index (Phi) is 1.32. The average molecular weight is 153 g/mol. The Hall–Kier alpha value is -1.10. The van der Waals surface area contributed by atoms with Crippen LogP contribution in [-0.4, -0.2) is 15.5 Å². The van der Waals surface area contributed by atoms with E-state index in [1.54, 1.807) is 24.3 Å². The molecule has 0 aliphatic carbocycles. The lowest BCUT2D eigenvalue weighted by molar-refractivity contribution is -0.334. The van der Waals surface area contributed by atoms with Crippen LogP contribution in [-0.2, 0) is 0 Å². The van der Waals surface area contributed by atoms with Crippen molar-refractivity contribution in [3.8, 4) is 5.75 Å². The standard InChI is InChI=1S/C7H7NO3/c9-7-5-3-1-2-4-6(5)11-8(7)10/h1-4,7,9-10H. The van der Waals surface area contributed by atoms with Gasteiger partial charge < -0.3 is 9.94 Å². The summed E-state index contributed by atoms with van der Waals surface area (Å²) in [7, 11) is 0. The lowest BCUT2D eigenvalue weighted by Gasteiger charge is -2.07. The van der Waals surface area contributed by atoms with Crippen LogP contribution in [0.25, 0.3) is 0 Å². The lowest BCUT2D eigenvalue weighted by Crippen LogP contribution is -2.21. The van der Waals surface area contributed by atoms with Gasteiger partial charge >= 0.3 is 0 Å². The van der Waals surface area contributed by atoms with Crippen LogP contribution >= 0.6 is 0 Å². The largest absolute Gasteiger partial charge is 0.377 e. The average Bonchev–Trinajstić information content (AvgIpc) is 2.30. The van der Waals surface area contributed by atoms with E-state index in [9.17, 15) is 5.11 Å². The van der Waals surface area contributed by atoms with Gasteiger partial charge in [-0.25, -0.2) is 0 Å². The second-order valence-electron chi connectivity index (χ2n) is 2.31. The molecule has 0 spiro atoms. The number of hydroxylamine groups is 2. The zero-order valence-electron chi connectivity index (χ0n) is 5.64. The van der Waals surface area contributed by atoms with Crippen molar-refractivity contribution in [2.45, 2.75) is 6.23 Å². The molecule has 1 aromatic carbocycles. The summed E-state index contributed by atoms with van der Waals surface area (Å²) in [6, 6.07) is 6.90. The number of fused-ring (bicyclic) bond motifs is 1. The van der Waals surface area contributed by atoms with Gasteiger partial charge in [0.25, 0.3) is 0 Å². The second-order valence-corrected chi connectivity index (χ2v) is 2.31. The van der Waals surface area contributed by atoms with E-state index in [4.69, 9.17) is 10.0 Å². The summed E-state index contributed by atoms with van der Waals surface area (Å²) in [5.41, 5.74) is 0.579. The molecule has 1 heterocycles. The molecule has 1 aliphatic heterocycles. The molecule has 1 atom stereocenters. The number of hydrogen-bond acceptors (Lipinski definition) is 4. The number of aliphatic hydroxyl groups is 1. The van der Waals surface area contributed by atoms with Gasteiger partial charge in [-0.3, -0.25) is 5.21 Å². The van der Waals surface area contributed by atoms with Crippen LogP contribution in [0.3, 0.4) is 0 Å². The van der Waals surface area contributed by atoms with Crippen LogP contribution < -0.4 is 4.84 Å². The maximum atomic E-state index is 9.20. The maximum Gasteiger partial charge on any atom is 0.197 e. The molecule has 2 N–H and O–H groups in total. The zero-order chi connectivity index (χ0) is 7.84. The molecule has 11 heavy (non-hydrogen) atoms. The first-order valence-corrected chi connectivity index (χ1v) is 3.22. The minimum atomic E-state index is -1.06. The van der Waals surface area contributed by atoms with Crippen molar-refractivity contribution >= 4 is 0 Å². The van der Waals surface area contributed by atoms with E-state index in [0.717, 1.165) is 0 Å². The Morgan fingerprint density at radius 1 is 1.36 bits per heavy atom. The van der Waals surface area contributed by atoms with Gasteiger partial charge in [-0.1, -0.05) is 18.2 Å². The first-order chi connectivity index (χ1) is 5.29. The predicted octanol–water partition coefficient (Wildman–Crippen LogP) is 0.676. The SMILES string of the molecule is OC1c2ccccc2ON1O. The summed E-state index contributed by atoms with van der Waals surface area (Å²) in [5, 5.41) is 18.5. The van der Waals surface area contributed by atoms with Crippen LogP contribution in [0.4, 0.5) is 0 Å². The zero-order valence-corrected chi connectivity index (χ0v) is 5.64. The summed E-state index contributed by atoms with van der Waals surface area (Å²) in [4.78, 5) is 4.76. The highest BCUT2D eigenvalue weighted by atomic mass is 16.9. The third-order valence-corrected chi connectivity index (χ3v) is 1.60. The Balaban J connectivity index is 2.47. The molecule has 0 amide bonds. The van der Waals surface area contributed by atoms with Crippen LogP contribution in [0.15, 0.2) is 24.3 Å². The molecule has 1 unspecified atom stereocenters. The molecule has 1 aliphatic rings. The van der Waals surface area contributed by atoms with Gasteiger partial charge in [0.1, 0.15) is 0 Å². The Labute approximate surface area is 63.2 Å². The van der Waals surface area contributed by atoms with Gasteiger partial charge in [0.05, 0.1) is 0 Å². The highest BCUT2D eigenvalue weighted by Gasteiger charge is 2.28.